The number of aromatic nitrogens is 2. The summed E-state index contributed by atoms with van der Waals surface area (Å²) in [4.78, 5) is 0. The molecule has 0 atom stereocenters. The van der Waals surface area contributed by atoms with Gasteiger partial charge in [0.15, 0.2) is 5.76 Å². The van der Waals surface area contributed by atoms with Gasteiger partial charge >= 0.3 is 0 Å². The molecular weight excluding hydrogens is 206 g/mol. The highest BCUT2D eigenvalue weighted by atomic mass is 16.4. The van der Waals surface area contributed by atoms with E-state index in [4.69, 9.17) is 8.83 Å². The van der Waals surface area contributed by atoms with Gasteiger partial charge < -0.3 is 14.2 Å². The molecule has 1 saturated heterocycles. The van der Waals surface area contributed by atoms with E-state index in [2.05, 4.69) is 15.5 Å². The van der Waals surface area contributed by atoms with Crippen LogP contribution in [0.25, 0.3) is 11.7 Å². The molecule has 16 heavy (non-hydrogen) atoms. The van der Waals surface area contributed by atoms with Crippen LogP contribution in [0.5, 0.6) is 0 Å². The van der Waals surface area contributed by atoms with Crippen LogP contribution in [0, 0.1) is 0 Å². The van der Waals surface area contributed by atoms with Crippen LogP contribution in [0.3, 0.4) is 0 Å². The van der Waals surface area contributed by atoms with Crippen molar-refractivity contribution in [1.29, 1.82) is 0 Å². The van der Waals surface area contributed by atoms with E-state index >= 15 is 0 Å². The molecule has 0 radical (unpaired) electrons. The smallest absolute Gasteiger partial charge is 0.283 e. The zero-order valence-electron chi connectivity index (χ0n) is 8.85. The quantitative estimate of drug-likeness (QED) is 0.834. The second kappa shape index (κ2) is 4.09. The molecule has 3 heterocycles. The summed E-state index contributed by atoms with van der Waals surface area (Å²) in [7, 11) is 0. The van der Waals surface area contributed by atoms with E-state index < -0.39 is 0 Å². The van der Waals surface area contributed by atoms with Crippen LogP contribution >= 0.6 is 0 Å². The van der Waals surface area contributed by atoms with E-state index in [1.807, 2.05) is 12.1 Å². The lowest BCUT2D eigenvalue weighted by Gasteiger charge is -2.18. The first-order valence-corrected chi connectivity index (χ1v) is 5.51. The Morgan fingerprint density at radius 3 is 2.88 bits per heavy atom. The van der Waals surface area contributed by atoms with Gasteiger partial charge in [0.2, 0.25) is 5.89 Å². The van der Waals surface area contributed by atoms with Crippen LogP contribution in [0.15, 0.2) is 27.2 Å². The SMILES string of the molecule is c1coc(-c2nnc(C3CCNCC3)o2)c1. The second-order valence-electron chi connectivity index (χ2n) is 3.95. The summed E-state index contributed by atoms with van der Waals surface area (Å²) in [6.07, 6.45) is 3.71. The Kier molecular flexibility index (Phi) is 2.46. The fourth-order valence-electron chi connectivity index (χ4n) is 1.97. The first-order chi connectivity index (χ1) is 7.93. The Hall–Kier alpha value is -1.62. The van der Waals surface area contributed by atoms with Crippen molar-refractivity contribution in [3.05, 3.63) is 24.3 Å². The van der Waals surface area contributed by atoms with Crippen LogP contribution < -0.4 is 5.32 Å². The molecule has 3 rings (SSSR count). The lowest BCUT2D eigenvalue weighted by Crippen LogP contribution is -2.26. The molecule has 5 heteroatoms. The molecule has 84 valence electrons. The molecule has 0 saturated carbocycles. The summed E-state index contributed by atoms with van der Waals surface area (Å²) in [6.45, 7) is 2.03. The fourth-order valence-corrected chi connectivity index (χ4v) is 1.97. The van der Waals surface area contributed by atoms with Gasteiger partial charge in [-0.15, -0.1) is 10.2 Å². The Balaban J connectivity index is 1.82. The minimum atomic E-state index is 0.387. The van der Waals surface area contributed by atoms with Crippen molar-refractivity contribution < 1.29 is 8.83 Å². The normalized spacial score (nSPS) is 17.8. The first kappa shape index (κ1) is 9.59. The molecule has 1 aliphatic rings. The Labute approximate surface area is 92.9 Å². The summed E-state index contributed by atoms with van der Waals surface area (Å²) in [5, 5.41) is 11.4. The van der Waals surface area contributed by atoms with Crippen molar-refractivity contribution in [3.8, 4) is 11.7 Å². The maximum absolute atomic E-state index is 5.62. The standard InChI is InChI=1S/C11H13N3O2/c1-2-9(15-7-1)11-14-13-10(16-11)8-3-5-12-6-4-8/h1-2,7-8,12H,3-6H2. The summed E-state index contributed by atoms with van der Waals surface area (Å²) in [6, 6.07) is 3.63. The fraction of sp³-hybridized carbons (Fsp3) is 0.455. The zero-order valence-corrected chi connectivity index (χ0v) is 8.85. The van der Waals surface area contributed by atoms with Gasteiger partial charge in [-0.3, -0.25) is 0 Å². The van der Waals surface area contributed by atoms with E-state index in [0.29, 0.717) is 17.6 Å². The predicted molar refractivity (Wildman–Crippen MR) is 56.8 cm³/mol. The monoisotopic (exact) mass is 219 g/mol. The highest BCUT2D eigenvalue weighted by molar-refractivity contribution is 5.42. The molecule has 0 aliphatic carbocycles. The number of nitrogens with one attached hydrogen (secondary N) is 1. The van der Waals surface area contributed by atoms with Gasteiger partial charge in [-0.1, -0.05) is 0 Å². The highest BCUT2D eigenvalue weighted by Gasteiger charge is 2.21. The van der Waals surface area contributed by atoms with Crippen LogP contribution in [-0.4, -0.2) is 23.3 Å². The van der Waals surface area contributed by atoms with Crippen molar-refractivity contribution in [2.75, 3.05) is 13.1 Å². The van der Waals surface area contributed by atoms with Crippen molar-refractivity contribution in [2.24, 2.45) is 0 Å². The molecule has 0 spiro atoms. The lowest BCUT2D eigenvalue weighted by atomic mass is 9.98. The third-order valence-electron chi connectivity index (χ3n) is 2.86. The molecule has 0 aromatic carbocycles. The molecule has 1 N–H and O–H groups in total. The summed E-state index contributed by atoms with van der Waals surface area (Å²) in [5.74, 6) is 2.22. The summed E-state index contributed by atoms with van der Waals surface area (Å²) >= 11 is 0. The Morgan fingerprint density at radius 2 is 2.12 bits per heavy atom. The molecule has 2 aromatic rings. The summed E-state index contributed by atoms with van der Waals surface area (Å²) < 4.78 is 10.8. The van der Waals surface area contributed by atoms with Crippen LogP contribution in [0.2, 0.25) is 0 Å². The average Bonchev–Trinajstić information content (AvgIpc) is 3.01. The van der Waals surface area contributed by atoms with E-state index in [-0.39, 0.29) is 0 Å². The van der Waals surface area contributed by atoms with Gasteiger partial charge in [-0.25, -0.2) is 0 Å². The van der Waals surface area contributed by atoms with E-state index in [0.717, 1.165) is 31.8 Å². The Bertz CT molecular complexity index is 444. The van der Waals surface area contributed by atoms with Crippen molar-refractivity contribution in [2.45, 2.75) is 18.8 Å². The van der Waals surface area contributed by atoms with Crippen molar-refractivity contribution in [1.82, 2.24) is 15.5 Å². The number of piperidine rings is 1. The molecule has 0 bridgehead atoms. The van der Waals surface area contributed by atoms with Gasteiger partial charge in [-0.2, -0.15) is 0 Å². The van der Waals surface area contributed by atoms with Gasteiger partial charge in [-0.05, 0) is 38.1 Å². The molecule has 1 fully saturated rings. The van der Waals surface area contributed by atoms with E-state index in [1.165, 1.54) is 0 Å². The third kappa shape index (κ3) is 1.74. The minimum Gasteiger partial charge on any atom is -0.459 e. The molecule has 5 nitrogen and oxygen atoms in total. The second-order valence-corrected chi connectivity index (χ2v) is 3.95. The number of rotatable bonds is 2. The van der Waals surface area contributed by atoms with Gasteiger partial charge in [0.1, 0.15) is 0 Å². The van der Waals surface area contributed by atoms with Crippen molar-refractivity contribution in [3.63, 3.8) is 0 Å². The predicted octanol–water partition coefficient (Wildman–Crippen LogP) is 1.80. The van der Waals surface area contributed by atoms with Gasteiger partial charge in [0.05, 0.1) is 6.26 Å². The zero-order chi connectivity index (χ0) is 10.8. The van der Waals surface area contributed by atoms with E-state index in [1.54, 1.807) is 6.26 Å². The minimum absolute atomic E-state index is 0.387. The molecule has 0 amide bonds. The summed E-state index contributed by atoms with van der Waals surface area (Å²) in [5.41, 5.74) is 0. The first-order valence-electron chi connectivity index (χ1n) is 5.51. The lowest BCUT2D eigenvalue weighted by molar-refractivity contribution is 0.375. The average molecular weight is 219 g/mol. The third-order valence-corrected chi connectivity index (χ3v) is 2.86. The topological polar surface area (TPSA) is 64.1 Å². The van der Waals surface area contributed by atoms with Gasteiger partial charge in [0.25, 0.3) is 5.89 Å². The molecule has 1 aliphatic heterocycles. The number of furan rings is 1. The van der Waals surface area contributed by atoms with Crippen molar-refractivity contribution >= 4 is 0 Å². The van der Waals surface area contributed by atoms with Crippen LogP contribution in [-0.2, 0) is 0 Å². The van der Waals surface area contributed by atoms with Crippen LogP contribution in [0.4, 0.5) is 0 Å². The molecule has 2 aromatic heterocycles. The largest absolute Gasteiger partial charge is 0.459 e. The number of hydrogen-bond donors (Lipinski definition) is 1. The maximum Gasteiger partial charge on any atom is 0.283 e. The number of nitrogens with zero attached hydrogens (tertiary/aromatic N) is 2. The number of hydrogen-bond acceptors (Lipinski definition) is 5. The molecule has 0 unspecified atom stereocenters. The molecular formula is C11H13N3O2. The maximum atomic E-state index is 5.62. The van der Waals surface area contributed by atoms with Crippen LogP contribution in [0.1, 0.15) is 24.7 Å². The van der Waals surface area contributed by atoms with E-state index in [9.17, 15) is 0 Å². The highest BCUT2D eigenvalue weighted by Crippen LogP contribution is 2.26. The Morgan fingerprint density at radius 1 is 1.25 bits per heavy atom. The van der Waals surface area contributed by atoms with Gasteiger partial charge in [0, 0.05) is 5.92 Å².